The van der Waals surface area contributed by atoms with Gasteiger partial charge in [0.1, 0.15) is 0 Å². The molecule has 1 aliphatic heterocycles. The van der Waals surface area contributed by atoms with E-state index in [0.29, 0.717) is 5.69 Å². The number of nitrogens with one attached hydrogen (secondary N) is 1. The van der Waals surface area contributed by atoms with Gasteiger partial charge in [0.15, 0.2) is 0 Å². The molecule has 1 heterocycles. The second-order valence-corrected chi connectivity index (χ2v) is 6.88. The molecule has 6 nitrogen and oxygen atoms in total. The Balaban J connectivity index is 1.52. The van der Waals surface area contributed by atoms with Crippen LogP contribution in [0.3, 0.4) is 0 Å². The molecule has 0 aromatic heterocycles. The van der Waals surface area contributed by atoms with Crippen molar-refractivity contribution in [2.45, 2.75) is 12.8 Å². The summed E-state index contributed by atoms with van der Waals surface area (Å²) in [6, 6.07) is 15.5. The third-order valence-corrected chi connectivity index (χ3v) is 4.81. The van der Waals surface area contributed by atoms with E-state index in [-0.39, 0.29) is 18.7 Å². The summed E-state index contributed by atoms with van der Waals surface area (Å²) in [7, 11) is 0. The molecule has 2 aromatic carbocycles. The van der Waals surface area contributed by atoms with Gasteiger partial charge in [-0.2, -0.15) is 0 Å². The van der Waals surface area contributed by atoms with E-state index in [1.54, 1.807) is 0 Å². The number of carboxylic acids is 1. The van der Waals surface area contributed by atoms with Crippen LogP contribution in [0.25, 0.3) is 0 Å². The lowest BCUT2D eigenvalue weighted by Gasteiger charge is -2.37. The Morgan fingerprint density at radius 2 is 1.33 bits per heavy atom. The van der Waals surface area contributed by atoms with Crippen molar-refractivity contribution in [2.24, 2.45) is 0 Å². The lowest BCUT2D eigenvalue weighted by molar-refractivity contribution is -0.138. The van der Waals surface area contributed by atoms with Crippen LogP contribution in [0.2, 0.25) is 5.02 Å². The fraction of sp³-hybridized carbons (Fsp3) is 0.300. The summed E-state index contributed by atoms with van der Waals surface area (Å²) in [6.45, 7) is 3.67. The largest absolute Gasteiger partial charge is 0.481 e. The summed E-state index contributed by atoms with van der Waals surface area (Å²) in [5, 5.41) is 12.1. The molecule has 1 aliphatic rings. The first-order valence-corrected chi connectivity index (χ1v) is 9.26. The maximum Gasteiger partial charge on any atom is 0.303 e. The van der Waals surface area contributed by atoms with Crippen molar-refractivity contribution in [3.05, 3.63) is 53.6 Å². The number of carboxylic acid groups (broad SMARTS) is 1. The fourth-order valence-corrected chi connectivity index (χ4v) is 3.20. The zero-order valence-electron chi connectivity index (χ0n) is 14.9. The molecule has 0 atom stereocenters. The van der Waals surface area contributed by atoms with E-state index in [4.69, 9.17) is 16.7 Å². The number of amides is 1. The smallest absolute Gasteiger partial charge is 0.303 e. The first kappa shape index (κ1) is 19.0. The Morgan fingerprint density at radius 1 is 0.852 bits per heavy atom. The number of nitrogens with zero attached hydrogens (tertiary/aromatic N) is 2. The van der Waals surface area contributed by atoms with E-state index >= 15 is 0 Å². The number of rotatable bonds is 6. The lowest BCUT2D eigenvalue weighted by atomic mass is 10.2. The van der Waals surface area contributed by atoms with Crippen LogP contribution in [-0.2, 0) is 9.59 Å². The number of hydrogen-bond acceptors (Lipinski definition) is 4. The molecule has 1 fully saturated rings. The van der Waals surface area contributed by atoms with Crippen molar-refractivity contribution >= 4 is 40.5 Å². The van der Waals surface area contributed by atoms with E-state index in [1.165, 1.54) is 5.69 Å². The number of carbonyl (C=O) groups excluding carboxylic acids is 1. The Hall–Kier alpha value is -2.73. The van der Waals surface area contributed by atoms with Crippen molar-refractivity contribution in [3.8, 4) is 0 Å². The minimum Gasteiger partial charge on any atom is -0.481 e. The molecule has 1 saturated heterocycles. The van der Waals surface area contributed by atoms with Gasteiger partial charge in [-0.15, -0.1) is 0 Å². The molecule has 2 aromatic rings. The van der Waals surface area contributed by atoms with Crippen LogP contribution in [0.15, 0.2) is 48.5 Å². The topological polar surface area (TPSA) is 72.9 Å². The van der Waals surface area contributed by atoms with Gasteiger partial charge in [0.2, 0.25) is 5.91 Å². The second kappa shape index (κ2) is 8.77. The summed E-state index contributed by atoms with van der Waals surface area (Å²) in [4.78, 5) is 26.9. The average molecular weight is 388 g/mol. The minimum atomic E-state index is -0.974. The molecule has 27 heavy (non-hydrogen) atoms. The molecule has 0 aliphatic carbocycles. The SMILES string of the molecule is O=C(O)CCC(=O)Nc1ccc(N2CCN(c3ccc(Cl)cc3)CC2)cc1. The Morgan fingerprint density at radius 3 is 1.81 bits per heavy atom. The molecule has 142 valence electrons. The predicted molar refractivity (Wildman–Crippen MR) is 108 cm³/mol. The van der Waals surface area contributed by atoms with Crippen LogP contribution in [0.4, 0.5) is 17.1 Å². The van der Waals surface area contributed by atoms with Crippen LogP contribution in [0, 0.1) is 0 Å². The van der Waals surface area contributed by atoms with E-state index in [2.05, 4.69) is 15.1 Å². The number of aliphatic carboxylic acids is 1. The number of halogens is 1. The maximum absolute atomic E-state index is 11.7. The third-order valence-electron chi connectivity index (χ3n) is 4.55. The van der Waals surface area contributed by atoms with E-state index in [0.717, 1.165) is 36.9 Å². The van der Waals surface area contributed by atoms with Gasteiger partial charge < -0.3 is 20.2 Å². The van der Waals surface area contributed by atoms with Crippen molar-refractivity contribution in [3.63, 3.8) is 0 Å². The van der Waals surface area contributed by atoms with Crippen molar-refractivity contribution in [1.29, 1.82) is 0 Å². The van der Waals surface area contributed by atoms with Gasteiger partial charge in [0, 0.05) is 54.7 Å². The Bertz CT molecular complexity index is 785. The zero-order chi connectivity index (χ0) is 19.2. The molecule has 1 amide bonds. The summed E-state index contributed by atoms with van der Waals surface area (Å²) in [5.41, 5.74) is 2.96. The number of carbonyl (C=O) groups is 2. The number of anilines is 3. The fourth-order valence-electron chi connectivity index (χ4n) is 3.07. The van der Waals surface area contributed by atoms with Crippen molar-refractivity contribution in [1.82, 2.24) is 0 Å². The van der Waals surface area contributed by atoms with Gasteiger partial charge >= 0.3 is 5.97 Å². The van der Waals surface area contributed by atoms with Gasteiger partial charge in [0.25, 0.3) is 0 Å². The van der Waals surface area contributed by atoms with E-state index in [1.807, 2.05) is 48.5 Å². The van der Waals surface area contributed by atoms with Gasteiger partial charge in [0.05, 0.1) is 6.42 Å². The highest BCUT2D eigenvalue weighted by atomic mass is 35.5. The highest BCUT2D eigenvalue weighted by molar-refractivity contribution is 6.30. The molecule has 0 saturated carbocycles. The quantitative estimate of drug-likeness (QED) is 0.794. The van der Waals surface area contributed by atoms with Crippen molar-refractivity contribution < 1.29 is 14.7 Å². The molecule has 7 heteroatoms. The van der Waals surface area contributed by atoms with Gasteiger partial charge in [-0.25, -0.2) is 0 Å². The Kier molecular flexibility index (Phi) is 6.19. The van der Waals surface area contributed by atoms with Gasteiger partial charge in [-0.3, -0.25) is 9.59 Å². The first-order chi connectivity index (χ1) is 13.0. The third kappa shape index (κ3) is 5.37. The van der Waals surface area contributed by atoms with Gasteiger partial charge in [-0.1, -0.05) is 11.6 Å². The van der Waals surface area contributed by atoms with Crippen LogP contribution in [0.1, 0.15) is 12.8 Å². The summed E-state index contributed by atoms with van der Waals surface area (Å²) >= 11 is 5.95. The number of piperazine rings is 1. The molecule has 3 rings (SSSR count). The van der Waals surface area contributed by atoms with Crippen LogP contribution >= 0.6 is 11.6 Å². The minimum absolute atomic E-state index is 0.0241. The summed E-state index contributed by atoms with van der Waals surface area (Å²) in [6.07, 6.45) is -0.189. The first-order valence-electron chi connectivity index (χ1n) is 8.88. The number of benzene rings is 2. The number of hydrogen-bond donors (Lipinski definition) is 2. The zero-order valence-corrected chi connectivity index (χ0v) is 15.7. The maximum atomic E-state index is 11.7. The molecule has 0 bridgehead atoms. The molecular formula is C20H22ClN3O3. The predicted octanol–water partition coefficient (Wildman–Crippen LogP) is 3.47. The van der Waals surface area contributed by atoms with Crippen molar-refractivity contribution in [2.75, 3.05) is 41.3 Å². The highest BCUT2D eigenvalue weighted by Gasteiger charge is 2.17. The molecule has 0 radical (unpaired) electrons. The van der Waals surface area contributed by atoms with Crippen LogP contribution < -0.4 is 15.1 Å². The van der Waals surface area contributed by atoms with E-state index in [9.17, 15) is 9.59 Å². The highest BCUT2D eigenvalue weighted by Crippen LogP contribution is 2.23. The van der Waals surface area contributed by atoms with Crippen LogP contribution in [-0.4, -0.2) is 43.2 Å². The second-order valence-electron chi connectivity index (χ2n) is 6.44. The molecule has 2 N–H and O–H groups in total. The summed E-state index contributed by atoms with van der Waals surface area (Å²) in [5.74, 6) is -1.26. The average Bonchev–Trinajstić information content (AvgIpc) is 2.68. The van der Waals surface area contributed by atoms with Crippen LogP contribution in [0.5, 0.6) is 0 Å². The molecular weight excluding hydrogens is 366 g/mol. The lowest BCUT2D eigenvalue weighted by Crippen LogP contribution is -2.46. The Labute approximate surface area is 163 Å². The standard InChI is InChI=1S/C20H22ClN3O3/c21-15-1-5-17(6-2-15)23-11-13-24(14-12-23)18-7-3-16(4-8-18)22-19(25)9-10-20(26)27/h1-8H,9-14H2,(H,22,25)(H,26,27). The summed E-state index contributed by atoms with van der Waals surface area (Å²) < 4.78 is 0. The van der Waals surface area contributed by atoms with E-state index < -0.39 is 5.97 Å². The normalized spacial score (nSPS) is 14.1. The molecule has 0 unspecified atom stereocenters. The molecule has 0 spiro atoms. The monoisotopic (exact) mass is 387 g/mol. The van der Waals surface area contributed by atoms with Gasteiger partial charge in [-0.05, 0) is 48.5 Å².